The fourth-order valence-electron chi connectivity index (χ4n) is 1.74. The fraction of sp³-hybridized carbons (Fsp3) is 0.133. The monoisotopic (exact) mass is 291 g/mol. The molecule has 0 aromatic heterocycles. The van der Waals surface area contributed by atoms with Gasteiger partial charge in [-0.1, -0.05) is 12.2 Å². The third-order valence-electron chi connectivity index (χ3n) is 2.77. The number of nitrogens with two attached hydrogens (primary N) is 1. The highest BCUT2D eigenvalue weighted by atomic mass is 32.1. The van der Waals surface area contributed by atoms with Crippen molar-refractivity contribution in [2.75, 3.05) is 7.11 Å². The Labute approximate surface area is 122 Å². The predicted molar refractivity (Wildman–Crippen MR) is 79.6 cm³/mol. The van der Waals surface area contributed by atoms with Gasteiger partial charge in [0.2, 0.25) is 0 Å². The minimum Gasteiger partial charge on any atom is -0.496 e. The second kappa shape index (κ2) is 6.34. The molecule has 0 atom stereocenters. The van der Waals surface area contributed by atoms with E-state index in [4.69, 9.17) is 27.4 Å². The fourth-order valence-corrected chi connectivity index (χ4v) is 1.86. The molecule has 0 amide bonds. The minimum absolute atomic E-state index is 0.283. The van der Waals surface area contributed by atoms with Crippen molar-refractivity contribution in [3.63, 3.8) is 0 Å². The van der Waals surface area contributed by atoms with Gasteiger partial charge in [-0.05, 0) is 42.5 Å². The summed E-state index contributed by atoms with van der Waals surface area (Å²) in [6.45, 7) is 0.283. The lowest BCUT2D eigenvalue weighted by molar-refractivity contribution is 0.296. The lowest BCUT2D eigenvalue weighted by Gasteiger charge is -2.11. The van der Waals surface area contributed by atoms with E-state index in [1.807, 2.05) is 6.07 Å². The van der Waals surface area contributed by atoms with Crippen LogP contribution in [0.3, 0.4) is 0 Å². The molecule has 0 saturated heterocycles. The van der Waals surface area contributed by atoms with Crippen LogP contribution in [0.4, 0.5) is 4.39 Å². The number of rotatable bonds is 5. The van der Waals surface area contributed by atoms with Crippen LogP contribution < -0.4 is 15.2 Å². The number of ether oxygens (including phenoxy) is 2. The van der Waals surface area contributed by atoms with Crippen LogP contribution in [0, 0.1) is 5.82 Å². The summed E-state index contributed by atoms with van der Waals surface area (Å²) in [5.74, 6) is 0.965. The number of hydrogen-bond acceptors (Lipinski definition) is 3. The maximum atomic E-state index is 12.8. The maximum absolute atomic E-state index is 12.8. The average molecular weight is 291 g/mol. The largest absolute Gasteiger partial charge is 0.496 e. The van der Waals surface area contributed by atoms with Crippen LogP contribution in [0.5, 0.6) is 11.5 Å². The van der Waals surface area contributed by atoms with E-state index in [1.165, 1.54) is 12.1 Å². The smallest absolute Gasteiger partial charge is 0.125 e. The number of methoxy groups -OCH3 is 1. The first-order chi connectivity index (χ1) is 9.60. The normalized spacial score (nSPS) is 10.1. The number of halogens is 1. The molecule has 0 heterocycles. The van der Waals surface area contributed by atoms with Crippen molar-refractivity contribution in [2.24, 2.45) is 5.73 Å². The molecule has 0 bridgehead atoms. The van der Waals surface area contributed by atoms with Crippen LogP contribution in [-0.2, 0) is 6.61 Å². The van der Waals surface area contributed by atoms with Crippen molar-refractivity contribution in [1.29, 1.82) is 0 Å². The van der Waals surface area contributed by atoms with E-state index >= 15 is 0 Å². The maximum Gasteiger partial charge on any atom is 0.125 e. The summed E-state index contributed by atoms with van der Waals surface area (Å²) in [4.78, 5) is 0.315. The van der Waals surface area contributed by atoms with Gasteiger partial charge in [0.25, 0.3) is 0 Å². The molecule has 20 heavy (non-hydrogen) atoms. The van der Waals surface area contributed by atoms with Crippen LogP contribution in [-0.4, -0.2) is 12.1 Å². The van der Waals surface area contributed by atoms with E-state index in [9.17, 15) is 4.39 Å². The highest BCUT2D eigenvalue weighted by Crippen LogP contribution is 2.22. The van der Waals surface area contributed by atoms with Crippen molar-refractivity contribution in [1.82, 2.24) is 0 Å². The summed E-state index contributed by atoms with van der Waals surface area (Å²) >= 11 is 4.95. The van der Waals surface area contributed by atoms with Crippen molar-refractivity contribution in [3.8, 4) is 11.5 Å². The van der Waals surface area contributed by atoms with Crippen molar-refractivity contribution in [2.45, 2.75) is 6.61 Å². The van der Waals surface area contributed by atoms with Crippen LogP contribution in [0.1, 0.15) is 11.1 Å². The quantitative estimate of drug-likeness (QED) is 0.860. The van der Waals surface area contributed by atoms with Gasteiger partial charge in [0.1, 0.15) is 28.9 Å². The number of thiocarbonyl (C=S) groups is 1. The molecule has 2 aromatic rings. The minimum atomic E-state index is -0.301. The Bertz CT molecular complexity index is 614. The van der Waals surface area contributed by atoms with Crippen molar-refractivity contribution in [3.05, 3.63) is 59.4 Å². The molecular formula is C15H14FNO2S. The second-order valence-corrected chi connectivity index (χ2v) is 4.57. The average Bonchev–Trinajstić information content (AvgIpc) is 2.46. The molecular weight excluding hydrogens is 277 g/mol. The Morgan fingerprint density at radius 3 is 2.50 bits per heavy atom. The molecule has 2 N–H and O–H groups in total. The molecule has 0 aliphatic heterocycles. The molecule has 0 spiro atoms. The van der Waals surface area contributed by atoms with Crippen LogP contribution in [0.25, 0.3) is 0 Å². The zero-order valence-corrected chi connectivity index (χ0v) is 11.7. The second-order valence-electron chi connectivity index (χ2n) is 4.13. The Balaban J connectivity index is 2.16. The van der Waals surface area contributed by atoms with Gasteiger partial charge in [0.05, 0.1) is 7.11 Å². The zero-order chi connectivity index (χ0) is 14.5. The number of hydrogen-bond donors (Lipinski definition) is 1. The van der Waals surface area contributed by atoms with E-state index < -0.39 is 0 Å². The van der Waals surface area contributed by atoms with Gasteiger partial charge in [-0.2, -0.15) is 0 Å². The van der Waals surface area contributed by atoms with E-state index in [2.05, 4.69) is 0 Å². The lowest BCUT2D eigenvalue weighted by Crippen LogP contribution is -2.10. The molecule has 0 unspecified atom stereocenters. The molecule has 0 aliphatic rings. The van der Waals surface area contributed by atoms with Gasteiger partial charge in [-0.25, -0.2) is 4.39 Å². The van der Waals surface area contributed by atoms with Gasteiger partial charge < -0.3 is 15.2 Å². The molecule has 3 nitrogen and oxygen atoms in total. The predicted octanol–water partition coefficient (Wildman–Crippen LogP) is 3.05. The summed E-state index contributed by atoms with van der Waals surface area (Å²) in [5.41, 5.74) is 7.18. The van der Waals surface area contributed by atoms with Gasteiger partial charge >= 0.3 is 0 Å². The van der Waals surface area contributed by atoms with Gasteiger partial charge in [-0.3, -0.25) is 0 Å². The van der Waals surface area contributed by atoms with Crippen molar-refractivity contribution < 1.29 is 13.9 Å². The van der Waals surface area contributed by atoms with Crippen LogP contribution in [0.2, 0.25) is 0 Å². The number of benzene rings is 2. The first-order valence-corrected chi connectivity index (χ1v) is 6.36. The summed E-state index contributed by atoms with van der Waals surface area (Å²) < 4.78 is 23.7. The highest BCUT2D eigenvalue weighted by Gasteiger charge is 2.07. The van der Waals surface area contributed by atoms with E-state index in [-0.39, 0.29) is 12.4 Å². The molecule has 0 radical (unpaired) electrons. The molecule has 5 heteroatoms. The Hall–Kier alpha value is -2.14. The summed E-state index contributed by atoms with van der Waals surface area (Å²) in [7, 11) is 1.58. The summed E-state index contributed by atoms with van der Waals surface area (Å²) in [6.07, 6.45) is 0. The third kappa shape index (κ3) is 3.45. The molecule has 0 aliphatic carbocycles. The van der Waals surface area contributed by atoms with Gasteiger partial charge in [0.15, 0.2) is 0 Å². The van der Waals surface area contributed by atoms with E-state index in [1.54, 1.807) is 31.4 Å². The first kappa shape index (κ1) is 14.3. The molecule has 2 rings (SSSR count). The van der Waals surface area contributed by atoms with E-state index in [0.717, 1.165) is 11.1 Å². The first-order valence-electron chi connectivity index (χ1n) is 5.95. The summed E-state index contributed by atoms with van der Waals surface area (Å²) in [5, 5.41) is 0. The van der Waals surface area contributed by atoms with Crippen LogP contribution in [0.15, 0.2) is 42.5 Å². The van der Waals surface area contributed by atoms with Gasteiger partial charge in [0, 0.05) is 11.1 Å². The van der Waals surface area contributed by atoms with Crippen LogP contribution >= 0.6 is 12.2 Å². The molecule has 2 aromatic carbocycles. The molecule has 0 saturated carbocycles. The lowest BCUT2D eigenvalue weighted by atomic mass is 10.1. The van der Waals surface area contributed by atoms with Crippen molar-refractivity contribution >= 4 is 17.2 Å². The Kier molecular flexibility index (Phi) is 4.53. The Morgan fingerprint density at radius 2 is 1.90 bits per heavy atom. The summed E-state index contributed by atoms with van der Waals surface area (Å²) in [6, 6.07) is 11.2. The van der Waals surface area contributed by atoms with E-state index in [0.29, 0.717) is 16.5 Å². The third-order valence-corrected chi connectivity index (χ3v) is 3.01. The molecule has 0 fully saturated rings. The topological polar surface area (TPSA) is 44.5 Å². The van der Waals surface area contributed by atoms with Gasteiger partial charge in [-0.15, -0.1) is 0 Å². The molecule has 104 valence electrons. The zero-order valence-electron chi connectivity index (χ0n) is 10.9. The SMILES string of the molecule is COc1ccc(C(N)=S)cc1COc1ccc(F)cc1. The highest BCUT2D eigenvalue weighted by molar-refractivity contribution is 7.80. The standard InChI is InChI=1S/C15H14FNO2S/c1-18-14-7-2-10(15(17)20)8-11(14)9-19-13-5-3-12(16)4-6-13/h2-8H,9H2,1H3,(H2,17,20). The Morgan fingerprint density at radius 1 is 1.20 bits per heavy atom.